The molecule has 1 aliphatic rings. The molecular weight excluding hydrogens is 285 g/mol. The molecule has 0 aliphatic carbocycles. The van der Waals surface area contributed by atoms with Gasteiger partial charge in [-0.3, -0.25) is 4.90 Å². The molecule has 1 fully saturated rings. The van der Waals surface area contributed by atoms with Gasteiger partial charge in [-0.25, -0.2) is 0 Å². The third kappa shape index (κ3) is 2.25. The van der Waals surface area contributed by atoms with E-state index in [1.807, 2.05) is 12.1 Å². The fourth-order valence-corrected chi connectivity index (χ4v) is 2.81. The predicted molar refractivity (Wildman–Crippen MR) is 64.1 cm³/mol. The summed E-state index contributed by atoms with van der Waals surface area (Å²) in [6.45, 7) is 3.18. The van der Waals surface area contributed by atoms with Crippen LogP contribution in [0, 0.1) is 0 Å². The SMILES string of the molecule is Clc1cc(Br)cc(Cl)c1CN1CCC1. The smallest absolute Gasteiger partial charge is 0.0477 e. The first-order valence-corrected chi connectivity index (χ1v) is 6.07. The zero-order chi connectivity index (χ0) is 10.1. The monoisotopic (exact) mass is 293 g/mol. The number of hydrogen-bond donors (Lipinski definition) is 0. The Morgan fingerprint density at radius 1 is 1.21 bits per heavy atom. The van der Waals surface area contributed by atoms with Crippen LogP contribution in [0.4, 0.5) is 0 Å². The second-order valence-corrected chi connectivity index (χ2v) is 5.21. The molecule has 4 heteroatoms. The van der Waals surface area contributed by atoms with Crippen LogP contribution in [0.1, 0.15) is 12.0 Å². The molecule has 1 nitrogen and oxygen atoms in total. The van der Waals surface area contributed by atoms with Crippen LogP contribution in [0.2, 0.25) is 10.0 Å². The average molecular weight is 295 g/mol. The molecule has 14 heavy (non-hydrogen) atoms. The van der Waals surface area contributed by atoms with Crippen molar-refractivity contribution in [1.82, 2.24) is 4.90 Å². The van der Waals surface area contributed by atoms with E-state index in [2.05, 4.69) is 20.8 Å². The van der Waals surface area contributed by atoms with Crippen molar-refractivity contribution in [3.63, 3.8) is 0 Å². The minimum absolute atomic E-state index is 0.747. The maximum absolute atomic E-state index is 6.12. The van der Waals surface area contributed by atoms with Crippen LogP contribution in [0.25, 0.3) is 0 Å². The quantitative estimate of drug-likeness (QED) is 0.798. The van der Waals surface area contributed by atoms with Gasteiger partial charge in [0.15, 0.2) is 0 Å². The van der Waals surface area contributed by atoms with Crippen LogP contribution in [0.5, 0.6) is 0 Å². The lowest BCUT2D eigenvalue weighted by Crippen LogP contribution is -2.36. The summed E-state index contributed by atoms with van der Waals surface area (Å²) in [4.78, 5) is 2.33. The van der Waals surface area contributed by atoms with Crippen molar-refractivity contribution < 1.29 is 0 Å². The Bertz CT molecular complexity index is 327. The first-order valence-electron chi connectivity index (χ1n) is 4.52. The van der Waals surface area contributed by atoms with Crippen molar-refractivity contribution in [1.29, 1.82) is 0 Å². The molecule has 1 aliphatic heterocycles. The van der Waals surface area contributed by atoms with Crippen molar-refractivity contribution in [2.45, 2.75) is 13.0 Å². The van der Waals surface area contributed by atoms with E-state index in [0.717, 1.165) is 39.7 Å². The molecule has 0 amide bonds. The van der Waals surface area contributed by atoms with Gasteiger partial charge in [0.2, 0.25) is 0 Å². The average Bonchev–Trinajstić information content (AvgIpc) is 1.98. The van der Waals surface area contributed by atoms with Crippen molar-refractivity contribution in [3.05, 3.63) is 32.2 Å². The highest BCUT2D eigenvalue weighted by atomic mass is 79.9. The van der Waals surface area contributed by atoms with Gasteiger partial charge in [0.25, 0.3) is 0 Å². The number of nitrogens with zero attached hydrogens (tertiary/aromatic N) is 1. The molecule has 0 radical (unpaired) electrons. The Kier molecular flexibility index (Phi) is 3.38. The Morgan fingerprint density at radius 2 is 1.79 bits per heavy atom. The van der Waals surface area contributed by atoms with Crippen LogP contribution in [-0.2, 0) is 6.54 Å². The second-order valence-electron chi connectivity index (χ2n) is 3.48. The number of rotatable bonds is 2. The van der Waals surface area contributed by atoms with Gasteiger partial charge in [0.05, 0.1) is 0 Å². The largest absolute Gasteiger partial charge is 0.299 e. The maximum atomic E-state index is 6.12. The topological polar surface area (TPSA) is 3.24 Å². The van der Waals surface area contributed by atoms with E-state index in [1.54, 1.807) is 0 Å². The highest BCUT2D eigenvalue weighted by Gasteiger charge is 2.17. The lowest BCUT2D eigenvalue weighted by molar-refractivity contribution is 0.172. The summed E-state index contributed by atoms with van der Waals surface area (Å²) in [6.07, 6.45) is 1.28. The van der Waals surface area contributed by atoms with Crippen molar-refractivity contribution >= 4 is 39.1 Å². The Morgan fingerprint density at radius 3 is 2.21 bits per heavy atom. The van der Waals surface area contributed by atoms with E-state index in [9.17, 15) is 0 Å². The highest BCUT2D eigenvalue weighted by Crippen LogP contribution is 2.30. The minimum atomic E-state index is 0.747. The number of likely N-dealkylation sites (tertiary alicyclic amines) is 1. The van der Waals surface area contributed by atoms with Crippen LogP contribution < -0.4 is 0 Å². The molecule has 1 heterocycles. The van der Waals surface area contributed by atoms with Crippen LogP contribution in [0.3, 0.4) is 0 Å². The normalized spacial score (nSPS) is 16.8. The molecule has 0 spiro atoms. The lowest BCUT2D eigenvalue weighted by Gasteiger charge is -2.31. The molecule has 0 aromatic heterocycles. The van der Waals surface area contributed by atoms with Crippen molar-refractivity contribution in [2.75, 3.05) is 13.1 Å². The molecule has 2 rings (SSSR count). The first-order chi connectivity index (χ1) is 6.66. The summed E-state index contributed by atoms with van der Waals surface area (Å²) in [6, 6.07) is 3.78. The van der Waals surface area contributed by atoms with Gasteiger partial charge in [-0.1, -0.05) is 39.1 Å². The zero-order valence-electron chi connectivity index (χ0n) is 7.56. The van der Waals surface area contributed by atoms with E-state index in [0.29, 0.717) is 0 Å². The molecule has 0 N–H and O–H groups in total. The van der Waals surface area contributed by atoms with Gasteiger partial charge in [0, 0.05) is 26.6 Å². The molecule has 76 valence electrons. The predicted octanol–water partition coefficient (Wildman–Crippen LogP) is 3.96. The zero-order valence-corrected chi connectivity index (χ0v) is 10.7. The summed E-state index contributed by atoms with van der Waals surface area (Å²) >= 11 is 15.6. The minimum Gasteiger partial charge on any atom is -0.299 e. The molecule has 1 saturated heterocycles. The summed E-state index contributed by atoms with van der Waals surface area (Å²) in [5, 5.41) is 1.49. The first kappa shape index (κ1) is 10.7. The standard InChI is InChI=1S/C10H10BrCl2N/c11-7-4-9(12)8(10(13)5-7)6-14-2-1-3-14/h4-5H,1-3,6H2. The summed E-state index contributed by atoms with van der Waals surface area (Å²) < 4.78 is 0.930. The van der Waals surface area contributed by atoms with E-state index >= 15 is 0 Å². The van der Waals surface area contributed by atoms with E-state index in [-0.39, 0.29) is 0 Å². The Balaban J connectivity index is 2.22. The van der Waals surface area contributed by atoms with Gasteiger partial charge in [-0.2, -0.15) is 0 Å². The number of halogens is 3. The molecule has 0 unspecified atom stereocenters. The Labute approximate surface area is 102 Å². The van der Waals surface area contributed by atoms with Gasteiger partial charge < -0.3 is 0 Å². The fraction of sp³-hybridized carbons (Fsp3) is 0.400. The van der Waals surface area contributed by atoms with E-state index in [4.69, 9.17) is 23.2 Å². The molecular formula is C10H10BrCl2N. The van der Waals surface area contributed by atoms with Gasteiger partial charge in [-0.15, -0.1) is 0 Å². The van der Waals surface area contributed by atoms with Crippen molar-refractivity contribution in [3.8, 4) is 0 Å². The molecule has 1 aromatic carbocycles. The third-order valence-corrected chi connectivity index (χ3v) is 3.57. The van der Waals surface area contributed by atoms with E-state index < -0.39 is 0 Å². The number of benzene rings is 1. The molecule has 1 aromatic rings. The summed E-state index contributed by atoms with van der Waals surface area (Å²) in [5.41, 5.74) is 1.04. The third-order valence-electron chi connectivity index (χ3n) is 2.44. The molecule has 0 atom stereocenters. The van der Waals surface area contributed by atoms with Gasteiger partial charge >= 0.3 is 0 Å². The van der Waals surface area contributed by atoms with Crippen LogP contribution in [0.15, 0.2) is 16.6 Å². The maximum Gasteiger partial charge on any atom is 0.0477 e. The number of hydrogen-bond acceptors (Lipinski definition) is 1. The Hall–Kier alpha value is 0.240. The highest BCUT2D eigenvalue weighted by molar-refractivity contribution is 9.10. The fourth-order valence-electron chi connectivity index (χ4n) is 1.49. The second kappa shape index (κ2) is 4.40. The van der Waals surface area contributed by atoms with Crippen LogP contribution >= 0.6 is 39.1 Å². The van der Waals surface area contributed by atoms with Crippen molar-refractivity contribution in [2.24, 2.45) is 0 Å². The molecule has 0 bridgehead atoms. The van der Waals surface area contributed by atoms with Crippen LogP contribution in [-0.4, -0.2) is 18.0 Å². The lowest BCUT2D eigenvalue weighted by atomic mass is 10.1. The van der Waals surface area contributed by atoms with Gasteiger partial charge in [0.1, 0.15) is 0 Å². The molecule has 0 saturated carbocycles. The van der Waals surface area contributed by atoms with Gasteiger partial charge in [-0.05, 0) is 31.6 Å². The summed E-state index contributed by atoms with van der Waals surface area (Å²) in [7, 11) is 0. The van der Waals surface area contributed by atoms with E-state index in [1.165, 1.54) is 6.42 Å². The summed E-state index contributed by atoms with van der Waals surface area (Å²) in [5.74, 6) is 0.